The number of carboxylic acid groups (broad SMARTS) is 1. The lowest BCUT2D eigenvalue weighted by molar-refractivity contribution is -0.375. The number of aliphatic hydroxyl groups excluding tert-OH is 16. The van der Waals surface area contributed by atoms with E-state index in [1.54, 1.807) is 0 Å². The Hall–Kier alpha value is -2.88. The highest BCUT2D eigenvalue weighted by Crippen LogP contribution is 2.37. The van der Waals surface area contributed by atoms with Crippen LogP contribution in [-0.2, 0) is 57.1 Å². The van der Waals surface area contributed by atoms with Gasteiger partial charge in [0.25, 0.3) is 5.79 Å². The molecule has 0 bridgehead atoms. The minimum Gasteiger partial charge on any atom is -0.477 e. The molecule has 0 radical (unpaired) electrons. The number of ether oxygens (including phenoxy) is 8. The van der Waals surface area contributed by atoms with E-state index in [0.717, 1.165) is 13.8 Å². The number of nitrogens with one attached hydrogen (secondary N) is 2. The smallest absolute Gasteiger partial charge is 0.364 e. The average molecular weight is 999 g/mol. The van der Waals surface area contributed by atoms with Gasteiger partial charge in [-0.1, -0.05) is 0 Å². The fourth-order valence-corrected chi connectivity index (χ4v) is 7.97. The topological polar surface area (TPSA) is 510 Å². The number of hydrogen-bond donors (Lipinski definition) is 19. The van der Waals surface area contributed by atoms with Crippen LogP contribution in [0.25, 0.3) is 0 Å². The third kappa shape index (κ3) is 13.0. The summed E-state index contributed by atoms with van der Waals surface area (Å²) < 4.78 is 44.8. The molecule has 0 unspecified atom stereocenters. The minimum atomic E-state index is -2.97. The standard InChI is InChI=1S/C37H62N2O29/c1-10(45)38-19-12(47)3-37(36(59)60,68-31(19)22(52)14(49)5-41)61-9-18-23(53)26(56)27(57)34(64-18)66-30-17(8-44)63-33(20(25(30)55)39-11(2)46)67-32-24(54)16(7-43)62-35(28(32)58)65-29(15(50)6-42)21(51)13(48)4-40/h4,12-35,41-44,47-58H,3,5-9H2,1-2H3,(H,38,45)(H,39,46)(H,59,60)/t12-,13-,14+,15+,16+,17+,18-,19+,20+,21+,22+,23-,24-,25+,26-,27+,28+,29+,30+,31+,32-,33-,34-,35-,37-/m0/s1. The lowest BCUT2D eigenvalue weighted by atomic mass is 9.88. The van der Waals surface area contributed by atoms with Crippen molar-refractivity contribution >= 4 is 24.1 Å². The molecule has 25 atom stereocenters. The van der Waals surface area contributed by atoms with Crippen LogP contribution in [-0.4, -0.2) is 297 Å². The van der Waals surface area contributed by atoms with Crippen LogP contribution in [0.15, 0.2) is 0 Å². The number of carboxylic acids is 1. The molecule has 4 rings (SSSR count). The largest absolute Gasteiger partial charge is 0.477 e. The summed E-state index contributed by atoms with van der Waals surface area (Å²) >= 11 is 0. The maximum absolute atomic E-state index is 12.7. The third-order valence-electron chi connectivity index (χ3n) is 11.6. The Bertz CT molecular complexity index is 1640. The van der Waals surface area contributed by atoms with E-state index < -0.39 is 210 Å². The van der Waals surface area contributed by atoms with Gasteiger partial charge in [-0.15, -0.1) is 0 Å². The number of aliphatic hydroxyl groups is 16. The highest BCUT2D eigenvalue weighted by atomic mass is 16.8. The molecule has 4 aliphatic heterocycles. The van der Waals surface area contributed by atoms with Crippen LogP contribution in [0.2, 0.25) is 0 Å². The van der Waals surface area contributed by atoms with Crippen molar-refractivity contribution in [1.82, 2.24) is 10.6 Å². The van der Waals surface area contributed by atoms with E-state index in [1.165, 1.54) is 0 Å². The van der Waals surface area contributed by atoms with Crippen molar-refractivity contribution in [2.45, 2.75) is 173 Å². The fraction of sp³-hybridized carbons (Fsp3) is 0.892. The van der Waals surface area contributed by atoms with Gasteiger partial charge in [-0.25, -0.2) is 4.79 Å². The van der Waals surface area contributed by atoms with Crippen LogP contribution in [0.3, 0.4) is 0 Å². The van der Waals surface area contributed by atoms with Gasteiger partial charge in [0.05, 0.1) is 45.2 Å². The van der Waals surface area contributed by atoms with E-state index in [4.69, 9.17) is 37.9 Å². The second-order valence-corrected chi connectivity index (χ2v) is 16.5. The molecule has 0 saturated carbocycles. The summed E-state index contributed by atoms with van der Waals surface area (Å²) in [5, 5.41) is 183. The van der Waals surface area contributed by atoms with Crippen molar-refractivity contribution in [1.29, 1.82) is 0 Å². The first-order valence-electron chi connectivity index (χ1n) is 21.0. The van der Waals surface area contributed by atoms with Gasteiger partial charge in [0.1, 0.15) is 116 Å². The van der Waals surface area contributed by atoms with Crippen molar-refractivity contribution in [2.24, 2.45) is 0 Å². The van der Waals surface area contributed by atoms with Crippen LogP contribution < -0.4 is 10.6 Å². The minimum absolute atomic E-state index is 0.140. The molecule has 4 aliphatic rings. The van der Waals surface area contributed by atoms with E-state index in [-0.39, 0.29) is 6.29 Å². The van der Waals surface area contributed by atoms with Crippen molar-refractivity contribution in [2.75, 3.05) is 33.0 Å². The highest BCUT2D eigenvalue weighted by Gasteiger charge is 2.58. The van der Waals surface area contributed by atoms with Gasteiger partial charge in [-0.05, 0) is 0 Å². The van der Waals surface area contributed by atoms with Gasteiger partial charge in [0.2, 0.25) is 11.8 Å². The van der Waals surface area contributed by atoms with Gasteiger partial charge in [0, 0.05) is 20.3 Å². The lowest BCUT2D eigenvalue weighted by Crippen LogP contribution is -2.70. The molecule has 4 heterocycles. The molecule has 0 aromatic rings. The zero-order chi connectivity index (χ0) is 51.1. The number of carbonyl (C=O) groups is 4. The maximum atomic E-state index is 12.7. The second kappa shape index (κ2) is 25.0. The number of hydrogen-bond acceptors (Lipinski definition) is 28. The van der Waals surface area contributed by atoms with Crippen molar-refractivity contribution in [3.63, 3.8) is 0 Å². The molecule has 31 heteroatoms. The summed E-state index contributed by atoms with van der Waals surface area (Å²) in [6.45, 7) is -3.48. The van der Waals surface area contributed by atoms with Crippen molar-refractivity contribution in [3.05, 3.63) is 0 Å². The number of aldehydes is 1. The van der Waals surface area contributed by atoms with Crippen LogP contribution in [0.4, 0.5) is 0 Å². The van der Waals surface area contributed by atoms with Crippen LogP contribution in [0, 0.1) is 0 Å². The molecule has 68 heavy (non-hydrogen) atoms. The highest BCUT2D eigenvalue weighted by molar-refractivity contribution is 5.76. The van der Waals surface area contributed by atoms with E-state index in [0.29, 0.717) is 0 Å². The number of amides is 2. The first kappa shape index (κ1) is 57.7. The summed E-state index contributed by atoms with van der Waals surface area (Å²) in [6.07, 6.45) is -46.3. The molecule has 4 saturated heterocycles. The summed E-state index contributed by atoms with van der Waals surface area (Å²) in [5.41, 5.74) is 0. The molecular formula is C37H62N2O29. The summed E-state index contributed by atoms with van der Waals surface area (Å²) in [4.78, 5) is 48.2. The Morgan fingerprint density at radius 2 is 1.24 bits per heavy atom. The maximum Gasteiger partial charge on any atom is 0.364 e. The van der Waals surface area contributed by atoms with Crippen molar-refractivity contribution < 1.29 is 144 Å². The monoisotopic (exact) mass is 998 g/mol. The van der Waals surface area contributed by atoms with Gasteiger partial charge in [-0.2, -0.15) is 0 Å². The molecule has 31 nitrogen and oxygen atoms in total. The number of aliphatic carboxylic acids is 1. The SMILES string of the molecule is CC(=O)N[C@H]1[C@H](O[C@H]2[C@@H](O)[C@@H](CO)O[C@@H](O[C@@H]([C@H](O)[C@@H](O)C=O)[C@H](O)CO)[C@@H]2O)O[C@H](CO)[C@@H](O[C@@H]2O[C@@H](CO[C@@]3(C(=O)O)C[C@H](O)[C@@H](NC(C)=O)[C@H]([C@H](O)[C@H](O)CO)O3)[C@H](O)[C@H](O)[C@H]2O)[C@@H]1O. The predicted octanol–water partition coefficient (Wildman–Crippen LogP) is -12.6. The zero-order valence-corrected chi connectivity index (χ0v) is 36.2. The first-order chi connectivity index (χ1) is 31.9. The summed E-state index contributed by atoms with van der Waals surface area (Å²) in [5.74, 6) is -6.61. The third-order valence-corrected chi connectivity index (χ3v) is 11.6. The van der Waals surface area contributed by atoms with E-state index in [2.05, 4.69) is 10.6 Å². The molecule has 0 aromatic heterocycles. The number of carbonyl (C=O) groups excluding carboxylic acids is 3. The van der Waals surface area contributed by atoms with Gasteiger partial charge in [-0.3, -0.25) is 9.59 Å². The lowest BCUT2D eigenvalue weighted by Gasteiger charge is -2.49. The second-order valence-electron chi connectivity index (χ2n) is 16.5. The van der Waals surface area contributed by atoms with Crippen LogP contribution in [0.1, 0.15) is 20.3 Å². The zero-order valence-electron chi connectivity index (χ0n) is 36.2. The van der Waals surface area contributed by atoms with Crippen LogP contribution in [0.5, 0.6) is 0 Å². The normalized spacial score (nSPS) is 41.6. The quantitative estimate of drug-likeness (QED) is 0.0448. The summed E-state index contributed by atoms with van der Waals surface area (Å²) in [7, 11) is 0. The van der Waals surface area contributed by atoms with E-state index in [9.17, 15) is 106 Å². The Labute approximate surface area is 384 Å². The molecular weight excluding hydrogens is 936 g/mol. The molecule has 394 valence electrons. The first-order valence-corrected chi connectivity index (χ1v) is 21.0. The van der Waals surface area contributed by atoms with Crippen LogP contribution >= 0.6 is 0 Å². The fourth-order valence-electron chi connectivity index (χ4n) is 7.97. The Kier molecular flexibility index (Phi) is 21.2. The molecule has 0 aromatic carbocycles. The molecule has 4 fully saturated rings. The predicted molar refractivity (Wildman–Crippen MR) is 208 cm³/mol. The summed E-state index contributed by atoms with van der Waals surface area (Å²) in [6, 6.07) is -3.41. The Morgan fingerprint density at radius 3 is 1.78 bits per heavy atom. The van der Waals surface area contributed by atoms with Gasteiger partial charge < -0.3 is 140 Å². The average Bonchev–Trinajstić information content (AvgIpc) is 3.30. The molecule has 0 aliphatic carbocycles. The molecule has 2 amide bonds. The van der Waals surface area contributed by atoms with Gasteiger partial charge >= 0.3 is 5.97 Å². The molecule has 0 spiro atoms. The van der Waals surface area contributed by atoms with E-state index >= 15 is 0 Å². The van der Waals surface area contributed by atoms with Gasteiger partial charge in [0.15, 0.2) is 25.2 Å². The Balaban J connectivity index is 1.58. The van der Waals surface area contributed by atoms with Crippen molar-refractivity contribution in [3.8, 4) is 0 Å². The van der Waals surface area contributed by atoms with E-state index in [1.807, 2.05) is 0 Å². The molecule has 19 N–H and O–H groups in total. The number of rotatable bonds is 22. The Morgan fingerprint density at radius 1 is 0.676 bits per heavy atom.